The van der Waals surface area contributed by atoms with Crippen LogP contribution in [0, 0.1) is 11.3 Å². The Morgan fingerprint density at radius 2 is 1.35 bits per heavy atom. The monoisotopic (exact) mass is 1120 g/mol. The first kappa shape index (κ1) is 55.6. The first-order chi connectivity index (χ1) is 39.8. The van der Waals surface area contributed by atoms with Crippen molar-refractivity contribution in [2.75, 3.05) is 45.9 Å². The van der Waals surface area contributed by atoms with E-state index < -0.39 is 61.4 Å². The number of aromatic nitrogens is 4. The number of anilines is 1. The van der Waals surface area contributed by atoms with Crippen molar-refractivity contribution in [1.82, 2.24) is 29.1 Å². The van der Waals surface area contributed by atoms with Crippen LogP contribution in [0.5, 0.6) is 11.5 Å². The van der Waals surface area contributed by atoms with Crippen LogP contribution >= 0.6 is 7.75 Å². The van der Waals surface area contributed by atoms with Crippen molar-refractivity contribution < 1.29 is 46.9 Å². The molecular weight excluding hydrogens is 1060 g/mol. The van der Waals surface area contributed by atoms with E-state index in [4.69, 9.17) is 42.7 Å². The maximum Gasteiger partial charge on any atom is 0.410 e. The van der Waals surface area contributed by atoms with Crippen LogP contribution < -0.4 is 14.8 Å². The lowest BCUT2D eigenvalue weighted by molar-refractivity contribution is -0.173. The first-order valence-corrected chi connectivity index (χ1v) is 28.7. The number of fused-ring (bicyclic) bond motifs is 6. The number of rotatable bonds is 21. The molecule has 2 saturated heterocycles. The maximum atomic E-state index is 16.2. The molecule has 4 heterocycles. The van der Waals surface area contributed by atoms with Crippen molar-refractivity contribution in [3.63, 3.8) is 0 Å². The van der Waals surface area contributed by atoms with Crippen LogP contribution in [0.15, 0.2) is 170 Å². The summed E-state index contributed by atoms with van der Waals surface area (Å²) in [6.45, 7) is 6.81. The molecule has 19 heteroatoms. The van der Waals surface area contributed by atoms with Crippen molar-refractivity contribution in [1.29, 1.82) is 5.26 Å². The largest absolute Gasteiger partial charge is 0.497 e. The van der Waals surface area contributed by atoms with Gasteiger partial charge in [-0.1, -0.05) is 121 Å². The average molecular weight is 1120 g/mol. The molecule has 1 N–H and O–H groups in total. The van der Waals surface area contributed by atoms with E-state index in [0.29, 0.717) is 17.1 Å². The van der Waals surface area contributed by atoms with Gasteiger partial charge in [-0.05, 0) is 103 Å². The predicted molar refractivity (Wildman–Crippen MR) is 307 cm³/mol. The lowest BCUT2D eigenvalue weighted by atomic mass is 9.79. The second-order valence-corrected chi connectivity index (χ2v) is 22.8. The molecule has 2 aromatic heterocycles. The Labute approximate surface area is 476 Å². The number of benzene rings is 6. The van der Waals surface area contributed by atoms with Crippen LogP contribution in [0.3, 0.4) is 0 Å². The van der Waals surface area contributed by atoms with E-state index >= 15 is 9.36 Å². The minimum atomic E-state index is -4.48. The van der Waals surface area contributed by atoms with Crippen LogP contribution in [0.4, 0.5) is 10.6 Å². The third kappa shape index (κ3) is 10.2. The Bertz CT molecular complexity index is 3570. The van der Waals surface area contributed by atoms with Crippen molar-refractivity contribution >= 4 is 36.7 Å². The minimum absolute atomic E-state index is 0.0152. The molecule has 2 aliphatic heterocycles. The topological polar surface area (TPSA) is 202 Å². The van der Waals surface area contributed by atoms with Crippen molar-refractivity contribution in [2.24, 2.45) is 0 Å². The molecule has 0 saturated carbocycles. The number of imidazole rings is 1. The molecule has 420 valence electrons. The summed E-state index contributed by atoms with van der Waals surface area (Å²) in [7, 11) is -1.28. The van der Waals surface area contributed by atoms with Gasteiger partial charge in [0.25, 0.3) is 5.91 Å². The quantitative estimate of drug-likeness (QED) is 0.0404. The molecular formula is C63H63N8O10P. The number of ether oxygens (including phenoxy) is 5. The molecule has 0 spiro atoms. The van der Waals surface area contributed by atoms with Crippen LogP contribution in [-0.4, -0.2) is 112 Å². The van der Waals surface area contributed by atoms with Gasteiger partial charge in [-0.15, -0.1) is 0 Å². The minimum Gasteiger partial charge on any atom is -0.497 e. The van der Waals surface area contributed by atoms with Crippen LogP contribution in [-0.2, 0) is 33.4 Å². The Balaban J connectivity index is 1.08. The number of hydrogen-bond donors (Lipinski definition) is 1. The van der Waals surface area contributed by atoms with Crippen molar-refractivity contribution in [3.05, 3.63) is 204 Å². The maximum absolute atomic E-state index is 16.2. The van der Waals surface area contributed by atoms with Gasteiger partial charge in [0.15, 0.2) is 23.2 Å². The van der Waals surface area contributed by atoms with E-state index in [0.717, 1.165) is 38.9 Å². The molecule has 11 rings (SSSR count). The van der Waals surface area contributed by atoms with Gasteiger partial charge in [-0.25, -0.2) is 29.0 Å². The summed E-state index contributed by atoms with van der Waals surface area (Å²) in [6.07, 6.45) is -0.490. The fourth-order valence-electron chi connectivity index (χ4n) is 11.9. The fraction of sp³-hybridized carbons (Fsp3) is 0.302. The van der Waals surface area contributed by atoms with Gasteiger partial charge >= 0.3 is 13.8 Å². The summed E-state index contributed by atoms with van der Waals surface area (Å²) in [5, 5.41) is 12.7. The van der Waals surface area contributed by atoms with Gasteiger partial charge in [0.1, 0.15) is 47.8 Å². The normalized spacial score (nSPS) is 19.0. The summed E-state index contributed by atoms with van der Waals surface area (Å²) in [5.74, 6) is 0.675. The predicted octanol–water partition coefficient (Wildman–Crippen LogP) is 11.5. The summed E-state index contributed by atoms with van der Waals surface area (Å²) in [5.41, 5.74) is 4.11. The fourth-order valence-corrected chi connectivity index (χ4v) is 14.3. The number of morpholine rings is 1. The zero-order valence-electron chi connectivity index (χ0n) is 46.3. The van der Waals surface area contributed by atoms with Gasteiger partial charge in [-0.3, -0.25) is 23.3 Å². The standard InChI is InChI=1S/C63H63N8O10P/c1-41(2)71(42(3)4)82(74,79-35-17-34-64)81-56-55-60(70-40-67-54-57(65-39-66-58(54)70)68-59(72)43-18-9-7-10-19-43)80-62(56,37-69(55)61(73)77-36-53-51-24-15-13-22-49(51)50-23-14-16-25-52(50)53)38-78-63(44-20-11-8-12-21-44,45-26-30-47(75-5)31-27-45)46-28-32-48(76-6)33-29-46/h7-16,18-33,39-42,53,55-56,60H,17,35-38H2,1-6H3,(H,65,66,68,72)/t55-,56+,60+,62-,82?/m0/s1. The zero-order chi connectivity index (χ0) is 57.2. The zero-order valence-corrected chi connectivity index (χ0v) is 47.2. The second-order valence-electron chi connectivity index (χ2n) is 21.0. The van der Waals surface area contributed by atoms with E-state index in [1.165, 1.54) is 12.7 Å². The van der Waals surface area contributed by atoms with Crippen molar-refractivity contribution in [2.45, 2.75) is 81.7 Å². The Kier molecular flexibility index (Phi) is 15.8. The number of carbonyl (C=O) groups excluding carboxylic acids is 2. The van der Waals surface area contributed by atoms with Gasteiger partial charge in [-0.2, -0.15) is 5.26 Å². The number of nitriles is 1. The Morgan fingerprint density at radius 1 is 0.780 bits per heavy atom. The third-order valence-corrected chi connectivity index (χ3v) is 18.0. The average Bonchev–Trinajstić information content (AvgIpc) is 3.99. The third-order valence-electron chi connectivity index (χ3n) is 15.5. The second kappa shape index (κ2) is 23.3. The highest BCUT2D eigenvalue weighted by atomic mass is 31.2. The van der Waals surface area contributed by atoms with Crippen molar-refractivity contribution in [3.8, 4) is 28.7 Å². The number of nitrogens with one attached hydrogen (secondary N) is 1. The van der Waals surface area contributed by atoms with E-state index in [9.17, 15) is 10.1 Å². The highest BCUT2D eigenvalue weighted by molar-refractivity contribution is 7.51. The SMILES string of the molecule is COc1ccc(C(OC[C@]23CN(C(=O)OCC4c5ccccc5-c5ccccc54)[C@H]([C@H](n4cnc5c(NC(=O)c6ccccc6)ncnc54)O2)[C@H]3OP(=O)(OCCC#N)N(C(C)C)C(C)C)(c2ccccc2)c2ccc(OC)cc2)cc1. The molecule has 0 radical (unpaired) electrons. The molecule has 2 fully saturated rings. The van der Waals surface area contributed by atoms with E-state index in [2.05, 4.69) is 40.6 Å². The Hall–Kier alpha value is -8.27. The number of likely N-dealkylation sites (tertiary alicyclic amines) is 1. The summed E-state index contributed by atoms with van der Waals surface area (Å²) in [4.78, 5) is 44.7. The van der Waals surface area contributed by atoms with Crippen LogP contribution in [0.1, 0.15) is 84.4 Å². The van der Waals surface area contributed by atoms with E-state index in [-0.39, 0.29) is 55.7 Å². The molecule has 2 bridgehead atoms. The van der Waals surface area contributed by atoms with Crippen LogP contribution in [0.2, 0.25) is 0 Å². The smallest absolute Gasteiger partial charge is 0.410 e. The molecule has 8 aromatic rings. The van der Waals surface area contributed by atoms with Gasteiger partial charge in [0.05, 0.1) is 52.8 Å². The highest BCUT2D eigenvalue weighted by Gasteiger charge is 2.69. The number of methoxy groups -OCH3 is 2. The number of hydrogen-bond acceptors (Lipinski definition) is 14. The molecule has 18 nitrogen and oxygen atoms in total. The molecule has 5 atom stereocenters. The number of nitrogens with zero attached hydrogens (tertiary/aromatic N) is 7. The Morgan fingerprint density at radius 3 is 1.94 bits per heavy atom. The molecule has 82 heavy (non-hydrogen) atoms. The lowest BCUT2D eigenvalue weighted by Crippen LogP contribution is -2.52. The summed E-state index contributed by atoms with van der Waals surface area (Å²) in [6, 6.07) is 50.0. The lowest BCUT2D eigenvalue weighted by Gasteiger charge is -2.42. The highest BCUT2D eigenvalue weighted by Crippen LogP contribution is 2.62. The van der Waals surface area contributed by atoms with Crippen LogP contribution in [0.25, 0.3) is 22.3 Å². The van der Waals surface area contributed by atoms with E-state index in [1.807, 2.05) is 137 Å². The molecule has 3 aliphatic rings. The summed E-state index contributed by atoms with van der Waals surface area (Å²) >= 11 is 0. The molecule has 1 unspecified atom stereocenters. The van der Waals surface area contributed by atoms with E-state index in [1.54, 1.807) is 52.6 Å². The van der Waals surface area contributed by atoms with Gasteiger partial charge < -0.3 is 29.0 Å². The number of carbonyl (C=O) groups is 2. The summed E-state index contributed by atoms with van der Waals surface area (Å²) < 4.78 is 66.1. The molecule has 1 aliphatic carbocycles. The first-order valence-electron chi connectivity index (χ1n) is 27.2. The molecule has 6 aromatic carbocycles. The molecule has 2 amide bonds. The van der Waals surface area contributed by atoms with Gasteiger partial charge in [0.2, 0.25) is 0 Å². The number of amides is 2. The van der Waals surface area contributed by atoms with Gasteiger partial charge in [0, 0.05) is 23.6 Å².